The van der Waals surface area contributed by atoms with E-state index >= 15 is 0 Å². The summed E-state index contributed by atoms with van der Waals surface area (Å²) in [4.78, 5) is 0. The molecule has 0 bridgehead atoms. The fraction of sp³-hybridized carbons (Fsp3) is 0.462. The van der Waals surface area contributed by atoms with E-state index in [4.69, 9.17) is 4.42 Å². The van der Waals surface area contributed by atoms with Crippen LogP contribution in [0.1, 0.15) is 25.2 Å². The molecule has 0 saturated heterocycles. The molecule has 0 saturated carbocycles. The molecule has 0 spiro atoms. The molecule has 2 rings (SSSR count). The second-order valence-electron chi connectivity index (χ2n) is 5.10. The Morgan fingerprint density at radius 3 is 2.71 bits per heavy atom. The molecule has 0 aliphatic heterocycles. The van der Waals surface area contributed by atoms with Gasteiger partial charge in [-0.1, -0.05) is 13.8 Å². The lowest BCUT2D eigenvalue weighted by molar-refractivity contribution is 0.393. The molecule has 0 aromatic carbocycles. The van der Waals surface area contributed by atoms with Crippen molar-refractivity contribution in [1.82, 2.24) is 19.8 Å². The molecule has 0 amide bonds. The SMILES string of the molecule is CC(C)NCc1ccc(S(=O)(=O)NCc2cnn(C)c2)o1. The molecule has 0 aliphatic rings. The van der Waals surface area contributed by atoms with E-state index in [0.717, 1.165) is 5.56 Å². The molecule has 2 N–H and O–H groups in total. The summed E-state index contributed by atoms with van der Waals surface area (Å²) in [6, 6.07) is 3.43. The van der Waals surface area contributed by atoms with E-state index < -0.39 is 10.0 Å². The molecule has 2 aromatic heterocycles. The van der Waals surface area contributed by atoms with Gasteiger partial charge in [-0.05, 0) is 12.1 Å². The molecule has 2 aromatic rings. The van der Waals surface area contributed by atoms with E-state index in [9.17, 15) is 8.42 Å². The van der Waals surface area contributed by atoms with Gasteiger partial charge in [-0.15, -0.1) is 0 Å². The van der Waals surface area contributed by atoms with Gasteiger partial charge in [-0.25, -0.2) is 13.1 Å². The third-order valence-electron chi connectivity index (χ3n) is 2.81. The minimum atomic E-state index is -3.65. The van der Waals surface area contributed by atoms with Crippen LogP contribution in [0, 0.1) is 0 Å². The van der Waals surface area contributed by atoms with Gasteiger partial charge in [0.05, 0.1) is 12.7 Å². The number of nitrogens with zero attached hydrogens (tertiary/aromatic N) is 2. The predicted molar refractivity (Wildman–Crippen MR) is 77.9 cm³/mol. The third kappa shape index (κ3) is 4.42. The third-order valence-corrected chi connectivity index (χ3v) is 4.08. The number of hydrogen-bond donors (Lipinski definition) is 2. The van der Waals surface area contributed by atoms with Gasteiger partial charge in [0.2, 0.25) is 5.09 Å². The number of nitrogens with one attached hydrogen (secondary N) is 2. The topological polar surface area (TPSA) is 89.2 Å². The highest BCUT2D eigenvalue weighted by atomic mass is 32.2. The van der Waals surface area contributed by atoms with Crippen molar-refractivity contribution in [3.05, 3.63) is 35.9 Å². The smallest absolute Gasteiger partial charge is 0.274 e. The molecule has 21 heavy (non-hydrogen) atoms. The number of rotatable bonds is 7. The highest BCUT2D eigenvalue weighted by Crippen LogP contribution is 2.14. The minimum Gasteiger partial charge on any atom is -0.447 e. The molecule has 0 fully saturated rings. The van der Waals surface area contributed by atoms with Gasteiger partial charge < -0.3 is 9.73 Å². The van der Waals surface area contributed by atoms with Crippen molar-refractivity contribution < 1.29 is 12.8 Å². The van der Waals surface area contributed by atoms with Gasteiger partial charge in [-0.2, -0.15) is 5.10 Å². The van der Waals surface area contributed by atoms with Crippen LogP contribution in [0.2, 0.25) is 0 Å². The largest absolute Gasteiger partial charge is 0.447 e. The summed E-state index contributed by atoms with van der Waals surface area (Å²) in [7, 11) is -1.87. The van der Waals surface area contributed by atoms with E-state index in [-0.39, 0.29) is 11.6 Å². The first-order valence-corrected chi connectivity index (χ1v) is 8.14. The molecular formula is C13H20N4O3S. The fourth-order valence-electron chi connectivity index (χ4n) is 1.72. The van der Waals surface area contributed by atoms with Gasteiger partial charge >= 0.3 is 0 Å². The van der Waals surface area contributed by atoms with Crippen molar-refractivity contribution in [2.45, 2.75) is 38.1 Å². The lowest BCUT2D eigenvalue weighted by Gasteiger charge is -2.05. The molecule has 0 aliphatic carbocycles. The summed E-state index contributed by atoms with van der Waals surface area (Å²) in [6.45, 7) is 4.69. The van der Waals surface area contributed by atoms with Gasteiger partial charge in [0.15, 0.2) is 0 Å². The van der Waals surface area contributed by atoms with Gasteiger partial charge in [0, 0.05) is 31.4 Å². The van der Waals surface area contributed by atoms with Crippen molar-refractivity contribution in [3.8, 4) is 0 Å². The standard InChI is InChI=1S/C13H20N4O3S/c1-10(2)14-8-12-4-5-13(20-12)21(18,19)16-7-11-6-15-17(3)9-11/h4-6,9-10,14,16H,7-8H2,1-3H3. The van der Waals surface area contributed by atoms with Crippen molar-refractivity contribution in [3.63, 3.8) is 0 Å². The number of furan rings is 1. The Bertz CT molecular complexity index is 688. The summed E-state index contributed by atoms with van der Waals surface area (Å²) in [5.74, 6) is 0.588. The Balaban J connectivity index is 1.99. The molecule has 2 heterocycles. The zero-order valence-corrected chi connectivity index (χ0v) is 13.1. The molecular weight excluding hydrogens is 292 g/mol. The molecule has 7 nitrogen and oxygen atoms in total. The Morgan fingerprint density at radius 1 is 1.33 bits per heavy atom. The molecule has 0 atom stereocenters. The predicted octanol–water partition coefficient (Wildman–Crippen LogP) is 0.990. The second kappa shape index (κ2) is 6.42. The van der Waals surface area contributed by atoms with Crippen molar-refractivity contribution in [1.29, 1.82) is 0 Å². The zero-order valence-electron chi connectivity index (χ0n) is 12.3. The minimum absolute atomic E-state index is 0.0769. The van der Waals surface area contributed by atoms with Crippen LogP contribution in [-0.2, 0) is 30.2 Å². The summed E-state index contributed by atoms with van der Waals surface area (Å²) in [5, 5.41) is 7.08. The van der Waals surface area contributed by atoms with E-state index in [1.807, 2.05) is 13.8 Å². The fourth-order valence-corrected chi connectivity index (χ4v) is 2.68. The lowest BCUT2D eigenvalue weighted by atomic mass is 10.3. The van der Waals surface area contributed by atoms with E-state index in [2.05, 4.69) is 15.1 Å². The van der Waals surface area contributed by atoms with Crippen LogP contribution >= 0.6 is 0 Å². The normalized spacial score (nSPS) is 12.2. The average Bonchev–Trinajstić information content (AvgIpc) is 3.03. The van der Waals surface area contributed by atoms with E-state index in [0.29, 0.717) is 18.3 Å². The zero-order chi connectivity index (χ0) is 15.5. The molecule has 0 radical (unpaired) electrons. The Labute approximate surface area is 124 Å². The highest BCUT2D eigenvalue weighted by Gasteiger charge is 2.18. The van der Waals surface area contributed by atoms with Crippen LogP contribution in [0.5, 0.6) is 0 Å². The van der Waals surface area contributed by atoms with Crippen LogP contribution in [0.15, 0.2) is 34.0 Å². The van der Waals surface area contributed by atoms with Gasteiger partial charge in [0.25, 0.3) is 10.0 Å². The number of hydrogen-bond acceptors (Lipinski definition) is 5. The molecule has 8 heteroatoms. The number of sulfonamides is 1. The lowest BCUT2D eigenvalue weighted by Crippen LogP contribution is -2.23. The molecule has 116 valence electrons. The Kier molecular flexibility index (Phi) is 4.81. The Hall–Kier alpha value is -1.64. The summed E-state index contributed by atoms with van der Waals surface area (Å²) < 4.78 is 33.7. The van der Waals surface area contributed by atoms with Crippen molar-refractivity contribution in [2.75, 3.05) is 0 Å². The second-order valence-corrected chi connectivity index (χ2v) is 6.80. The number of aromatic nitrogens is 2. The van der Waals surface area contributed by atoms with Crippen LogP contribution in [0.4, 0.5) is 0 Å². The maximum atomic E-state index is 12.1. The summed E-state index contributed by atoms with van der Waals surface area (Å²) >= 11 is 0. The summed E-state index contributed by atoms with van der Waals surface area (Å²) in [5.41, 5.74) is 0.786. The van der Waals surface area contributed by atoms with Crippen molar-refractivity contribution in [2.24, 2.45) is 7.05 Å². The first kappa shape index (κ1) is 15.7. The van der Waals surface area contributed by atoms with Gasteiger partial charge in [-0.3, -0.25) is 4.68 Å². The van der Waals surface area contributed by atoms with Crippen LogP contribution < -0.4 is 10.0 Å². The monoisotopic (exact) mass is 312 g/mol. The van der Waals surface area contributed by atoms with Crippen LogP contribution in [0.25, 0.3) is 0 Å². The maximum Gasteiger partial charge on any atom is 0.274 e. The average molecular weight is 312 g/mol. The van der Waals surface area contributed by atoms with Crippen LogP contribution in [0.3, 0.4) is 0 Å². The Morgan fingerprint density at radius 2 is 2.10 bits per heavy atom. The van der Waals surface area contributed by atoms with Crippen LogP contribution in [-0.4, -0.2) is 24.2 Å². The molecule has 0 unspecified atom stereocenters. The quantitative estimate of drug-likeness (QED) is 0.796. The van der Waals surface area contributed by atoms with E-state index in [1.54, 1.807) is 30.2 Å². The van der Waals surface area contributed by atoms with E-state index in [1.165, 1.54) is 6.07 Å². The number of aryl methyl sites for hydroxylation is 1. The first-order chi connectivity index (χ1) is 9.87. The van der Waals surface area contributed by atoms with Crippen molar-refractivity contribution >= 4 is 10.0 Å². The summed E-state index contributed by atoms with van der Waals surface area (Å²) in [6.07, 6.45) is 3.37. The highest BCUT2D eigenvalue weighted by molar-refractivity contribution is 7.89. The van der Waals surface area contributed by atoms with Gasteiger partial charge in [0.1, 0.15) is 5.76 Å². The maximum absolute atomic E-state index is 12.1. The first-order valence-electron chi connectivity index (χ1n) is 6.66.